The summed E-state index contributed by atoms with van der Waals surface area (Å²) in [5.41, 5.74) is 7.37. The number of rotatable bonds is 3. The monoisotopic (exact) mass is 217 g/mol. The Morgan fingerprint density at radius 3 is 2.88 bits per heavy atom. The van der Waals surface area contributed by atoms with Crippen LogP contribution in [0.5, 0.6) is 0 Å². The van der Waals surface area contributed by atoms with Crippen molar-refractivity contribution in [2.24, 2.45) is 5.73 Å². The van der Waals surface area contributed by atoms with Gasteiger partial charge in [0, 0.05) is 18.3 Å². The molecule has 5 heteroatoms. The van der Waals surface area contributed by atoms with Crippen molar-refractivity contribution in [3.8, 4) is 0 Å². The fourth-order valence-electron chi connectivity index (χ4n) is 1.34. The van der Waals surface area contributed by atoms with Crippen molar-refractivity contribution < 1.29 is 9.32 Å². The van der Waals surface area contributed by atoms with Gasteiger partial charge in [-0.1, -0.05) is 23.4 Å². The van der Waals surface area contributed by atoms with E-state index in [2.05, 4.69) is 15.0 Å². The molecule has 0 saturated carbocycles. The lowest BCUT2D eigenvalue weighted by Crippen LogP contribution is -2.14. The van der Waals surface area contributed by atoms with Gasteiger partial charge in [0.15, 0.2) is 5.69 Å². The SMILES string of the molecule is NCc1ccccc1NC(=O)c1ccon1. The Morgan fingerprint density at radius 1 is 1.38 bits per heavy atom. The highest BCUT2D eigenvalue weighted by atomic mass is 16.5. The van der Waals surface area contributed by atoms with Crippen LogP contribution in [0.4, 0.5) is 5.69 Å². The maximum atomic E-state index is 11.7. The molecule has 0 atom stereocenters. The molecule has 3 N–H and O–H groups in total. The molecule has 0 unspecified atom stereocenters. The van der Waals surface area contributed by atoms with Crippen molar-refractivity contribution in [3.05, 3.63) is 47.9 Å². The maximum Gasteiger partial charge on any atom is 0.277 e. The third-order valence-corrected chi connectivity index (χ3v) is 2.16. The van der Waals surface area contributed by atoms with Gasteiger partial charge >= 0.3 is 0 Å². The topological polar surface area (TPSA) is 81.1 Å². The van der Waals surface area contributed by atoms with E-state index in [1.807, 2.05) is 18.2 Å². The molecule has 0 aliphatic carbocycles. The van der Waals surface area contributed by atoms with Crippen molar-refractivity contribution in [2.75, 3.05) is 5.32 Å². The summed E-state index contributed by atoms with van der Waals surface area (Å²) in [6.45, 7) is 0.370. The molecular weight excluding hydrogens is 206 g/mol. The molecule has 0 saturated heterocycles. The summed E-state index contributed by atoms with van der Waals surface area (Å²) in [4.78, 5) is 11.7. The van der Waals surface area contributed by atoms with E-state index < -0.39 is 0 Å². The second-order valence-corrected chi connectivity index (χ2v) is 3.20. The molecule has 0 aliphatic heterocycles. The minimum absolute atomic E-state index is 0.242. The highest BCUT2D eigenvalue weighted by Crippen LogP contribution is 2.14. The summed E-state index contributed by atoms with van der Waals surface area (Å²) in [5.74, 6) is -0.311. The van der Waals surface area contributed by atoms with Crippen LogP contribution in [0, 0.1) is 0 Å². The molecule has 0 spiro atoms. The molecule has 16 heavy (non-hydrogen) atoms. The van der Waals surface area contributed by atoms with E-state index in [4.69, 9.17) is 5.73 Å². The summed E-state index contributed by atoms with van der Waals surface area (Å²) in [6.07, 6.45) is 1.35. The molecule has 1 heterocycles. The quantitative estimate of drug-likeness (QED) is 0.813. The minimum Gasteiger partial charge on any atom is -0.364 e. The summed E-state index contributed by atoms with van der Waals surface area (Å²) in [6, 6.07) is 8.85. The van der Waals surface area contributed by atoms with Crippen LogP contribution < -0.4 is 11.1 Å². The van der Waals surface area contributed by atoms with Crippen LogP contribution in [-0.2, 0) is 6.54 Å². The molecule has 0 bridgehead atoms. The number of amides is 1. The van der Waals surface area contributed by atoms with Gasteiger partial charge in [-0.05, 0) is 11.6 Å². The molecule has 0 aliphatic rings. The van der Waals surface area contributed by atoms with E-state index in [-0.39, 0.29) is 11.6 Å². The summed E-state index contributed by atoms with van der Waals surface area (Å²) in [5, 5.41) is 6.27. The highest BCUT2D eigenvalue weighted by molar-refractivity contribution is 6.03. The number of hydrogen-bond acceptors (Lipinski definition) is 4. The molecule has 1 aromatic carbocycles. The van der Waals surface area contributed by atoms with E-state index in [9.17, 15) is 4.79 Å². The average molecular weight is 217 g/mol. The average Bonchev–Trinajstić information content (AvgIpc) is 2.83. The standard InChI is InChI=1S/C11H11N3O2/c12-7-8-3-1-2-4-9(8)13-11(15)10-5-6-16-14-10/h1-6H,7,12H2,(H,13,15). The van der Waals surface area contributed by atoms with Crippen molar-refractivity contribution in [1.82, 2.24) is 5.16 Å². The van der Waals surface area contributed by atoms with Crippen LogP contribution in [0.3, 0.4) is 0 Å². The zero-order valence-corrected chi connectivity index (χ0v) is 8.51. The predicted molar refractivity (Wildman–Crippen MR) is 58.8 cm³/mol. The number of anilines is 1. The first kappa shape index (κ1) is 10.4. The fraction of sp³-hybridized carbons (Fsp3) is 0.0909. The lowest BCUT2D eigenvalue weighted by atomic mass is 10.2. The number of nitrogens with zero attached hydrogens (tertiary/aromatic N) is 1. The third-order valence-electron chi connectivity index (χ3n) is 2.16. The Morgan fingerprint density at radius 2 is 2.19 bits per heavy atom. The van der Waals surface area contributed by atoms with E-state index in [0.29, 0.717) is 12.2 Å². The number of aromatic nitrogens is 1. The van der Waals surface area contributed by atoms with Gasteiger partial charge in [-0.3, -0.25) is 4.79 Å². The molecule has 0 radical (unpaired) electrons. The highest BCUT2D eigenvalue weighted by Gasteiger charge is 2.10. The van der Waals surface area contributed by atoms with Gasteiger partial charge in [0.25, 0.3) is 5.91 Å². The predicted octanol–water partition coefficient (Wildman–Crippen LogP) is 1.39. The van der Waals surface area contributed by atoms with Gasteiger partial charge < -0.3 is 15.6 Å². The van der Waals surface area contributed by atoms with E-state index in [0.717, 1.165) is 5.56 Å². The van der Waals surface area contributed by atoms with Gasteiger partial charge in [0.05, 0.1) is 0 Å². The van der Waals surface area contributed by atoms with Crippen molar-refractivity contribution >= 4 is 11.6 Å². The third kappa shape index (κ3) is 2.09. The second-order valence-electron chi connectivity index (χ2n) is 3.20. The van der Waals surface area contributed by atoms with Crippen molar-refractivity contribution in [3.63, 3.8) is 0 Å². The van der Waals surface area contributed by atoms with Crippen LogP contribution in [0.2, 0.25) is 0 Å². The summed E-state index contributed by atoms with van der Waals surface area (Å²) < 4.78 is 4.59. The first-order valence-electron chi connectivity index (χ1n) is 4.81. The normalized spacial score (nSPS) is 10.1. The van der Waals surface area contributed by atoms with Crippen molar-refractivity contribution in [2.45, 2.75) is 6.54 Å². The largest absolute Gasteiger partial charge is 0.364 e. The van der Waals surface area contributed by atoms with Crippen LogP contribution in [0.1, 0.15) is 16.1 Å². The zero-order valence-electron chi connectivity index (χ0n) is 8.51. The van der Waals surface area contributed by atoms with Crippen LogP contribution >= 0.6 is 0 Å². The van der Waals surface area contributed by atoms with Gasteiger partial charge in [-0.15, -0.1) is 0 Å². The minimum atomic E-state index is -0.311. The number of para-hydroxylation sites is 1. The number of nitrogens with one attached hydrogen (secondary N) is 1. The molecular formula is C11H11N3O2. The number of carbonyl (C=O) groups is 1. The zero-order chi connectivity index (χ0) is 11.4. The molecule has 1 aromatic heterocycles. The number of benzene rings is 1. The molecule has 2 rings (SSSR count). The lowest BCUT2D eigenvalue weighted by Gasteiger charge is -2.07. The lowest BCUT2D eigenvalue weighted by molar-refractivity contribution is 0.101. The first-order chi connectivity index (χ1) is 7.81. The van der Waals surface area contributed by atoms with Crippen LogP contribution in [-0.4, -0.2) is 11.1 Å². The van der Waals surface area contributed by atoms with Crippen LogP contribution in [0.15, 0.2) is 41.1 Å². The second kappa shape index (κ2) is 4.59. The Hall–Kier alpha value is -2.14. The Kier molecular flexibility index (Phi) is 2.98. The van der Waals surface area contributed by atoms with Gasteiger partial charge in [0.1, 0.15) is 6.26 Å². The number of nitrogens with two attached hydrogens (primary N) is 1. The summed E-state index contributed by atoms with van der Waals surface area (Å²) in [7, 11) is 0. The smallest absolute Gasteiger partial charge is 0.277 e. The summed E-state index contributed by atoms with van der Waals surface area (Å²) >= 11 is 0. The number of carbonyl (C=O) groups excluding carboxylic acids is 1. The van der Waals surface area contributed by atoms with E-state index in [1.54, 1.807) is 6.07 Å². The first-order valence-corrected chi connectivity index (χ1v) is 4.81. The van der Waals surface area contributed by atoms with E-state index >= 15 is 0 Å². The van der Waals surface area contributed by atoms with E-state index in [1.165, 1.54) is 12.3 Å². The molecule has 82 valence electrons. The van der Waals surface area contributed by atoms with Gasteiger partial charge in [-0.2, -0.15) is 0 Å². The van der Waals surface area contributed by atoms with Crippen LogP contribution in [0.25, 0.3) is 0 Å². The van der Waals surface area contributed by atoms with Crippen molar-refractivity contribution in [1.29, 1.82) is 0 Å². The molecule has 5 nitrogen and oxygen atoms in total. The number of hydrogen-bond donors (Lipinski definition) is 2. The fourth-order valence-corrected chi connectivity index (χ4v) is 1.34. The molecule has 2 aromatic rings. The Bertz CT molecular complexity index is 480. The van der Waals surface area contributed by atoms with Gasteiger partial charge in [-0.25, -0.2) is 0 Å². The molecule has 0 fully saturated rings. The maximum absolute atomic E-state index is 11.7. The Balaban J connectivity index is 2.18. The molecule has 1 amide bonds. The van der Waals surface area contributed by atoms with Gasteiger partial charge in [0.2, 0.25) is 0 Å². The Labute approximate surface area is 92.2 Å².